The van der Waals surface area contributed by atoms with E-state index >= 15 is 0 Å². The standard InChI is InChI=1S/C13H14O2/c1-8-9(2)15-12-4-3-10(7-11(8)12)13(14)5-6-13/h3-4,7,14H,5-6H2,1-2H3. The van der Waals surface area contributed by atoms with Crippen molar-refractivity contribution in [2.45, 2.75) is 32.3 Å². The molecule has 0 atom stereocenters. The van der Waals surface area contributed by atoms with Crippen LogP contribution >= 0.6 is 0 Å². The Labute approximate surface area is 88.5 Å². The van der Waals surface area contributed by atoms with Crippen molar-refractivity contribution in [3.63, 3.8) is 0 Å². The number of aryl methyl sites for hydroxylation is 2. The van der Waals surface area contributed by atoms with Crippen LogP contribution in [0, 0.1) is 13.8 Å². The van der Waals surface area contributed by atoms with Crippen LogP contribution in [0.2, 0.25) is 0 Å². The molecule has 78 valence electrons. The second-order valence-corrected chi connectivity index (χ2v) is 4.53. The van der Waals surface area contributed by atoms with Gasteiger partial charge in [0, 0.05) is 5.39 Å². The van der Waals surface area contributed by atoms with E-state index in [0.717, 1.165) is 35.1 Å². The van der Waals surface area contributed by atoms with Crippen molar-refractivity contribution in [2.24, 2.45) is 0 Å². The molecule has 3 rings (SSSR count). The second-order valence-electron chi connectivity index (χ2n) is 4.53. The van der Waals surface area contributed by atoms with Crippen LogP contribution < -0.4 is 0 Å². The summed E-state index contributed by atoms with van der Waals surface area (Å²) in [4.78, 5) is 0. The molecule has 0 bridgehead atoms. The lowest BCUT2D eigenvalue weighted by molar-refractivity contribution is 0.151. The van der Waals surface area contributed by atoms with Gasteiger partial charge in [0.05, 0.1) is 5.60 Å². The first-order chi connectivity index (χ1) is 7.10. The summed E-state index contributed by atoms with van der Waals surface area (Å²) in [6, 6.07) is 5.99. The highest BCUT2D eigenvalue weighted by Crippen LogP contribution is 2.46. The van der Waals surface area contributed by atoms with Gasteiger partial charge in [0.2, 0.25) is 0 Å². The van der Waals surface area contributed by atoms with Gasteiger partial charge in [0.15, 0.2) is 0 Å². The molecule has 1 saturated carbocycles. The van der Waals surface area contributed by atoms with Crippen molar-refractivity contribution < 1.29 is 9.52 Å². The van der Waals surface area contributed by atoms with Crippen LogP contribution in [-0.2, 0) is 5.60 Å². The lowest BCUT2D eigenvalue weighted by Gasteiger charge is -2.07. The molecule has 0 saturated heterocycles. The average molecular weight is 202 g/mol. The Bertz CT molecular complexity index is 533. The summed E-state index contributed by atoms with van der Waals surface area (Å²) in [5.41, 5.74) is 2.57. The quantitative estimate of drug-likeness (QED) is 0.771. The molecule has 2 heteroatoms. The molecule has 1 aliphatic carbocycles. The smallest absolute Gasteiger partial charge is 0.134 e. The SMILES string of the molecule is Cc1oc2ccc(C3(O)CC3)cc2c1C. The second kappa shape index (κ2) is 2.64. The van der Waals surface area contributed by atoms with E-state index in [-0.39, 0.29) is 0 Å². The molecule has 1 aliphatic rings. The van der Waals surface area contributed by atoms with Gasteiger partial charge in [-0.2, -0.15) is 0 Å². The first-order valence-corrected chi connectivity index (χ1v) is 5.33. The number of rotatable bonds is 1. The third-order valence-corrected chi connectivity index (χ3v) is 3.44. The molecule has 1 aromatic heterocycles. The summed E-state index contributed by atoms with van der Waals surface area (Å²) in [6.07, 6.45) is 1.77. The normalized spacial score (nSPS) is 18.3. The van der Waals surface area contributed by atoms with E-state index in [1.165, 1.54) is 5.56 Å². The Hall–Kier alpha value is -1.28. The molecule has 1 fully saturated rings. The van der Waals surface area contributed by atoms with Crippen molar-refractivity contribution in [3.05, 3.63) is 35.1 Å². The maximum Gasteiger partial charge on any atom is 0.134 e. The molecule has 15 heavy (non-hydrogen) atoms. The number of benzene rings is 1. The Balaban J connectivity index is 2.25. The van der Waals surface area contributed by atoms with Gasteiger partial charge in [-0.25, -0.2) is 0 Å². The minimum Gasteiger partial charge on any atom is -0.461 e. The summed E-state index contributed by atoms with van der Waals surface area (Å²) in [7, 11) is 0. The number of hydrogen-bond donors (Lipinski definition) is 1. The van der Waals surface area contributed by atoms with Crippen LogP contribution in [0.1, 0.15) is 29.7 Å². The first kappa shape index (κ1) is 8.98. The molecule has 0 aliphatic heterocycles. The predicted molar refractivity (Wildman–Crippen MR) is 58.8 cm³/mol. The van der Waals surface area contributed by atoms with Gasteiger partial charge < -0.3 is 9.52 Å². The molecule has 1 N–H and O–H groups in total. The Morgan fingerprint density at radius 2 is 2.00 bits per heavy atom. The zero-order valence-electron chi connectivity index (χ0n) is 9.00. The highest BCUT2D eigenvalue weighted by Gasteiger charge is 2.42. The Kier molecular flexibility index (Phi) is 1.58. The third-order valence-electron chi connectivity index (χ3n) is 3.44. The lowest BCUT2D eigenvalue weighted by Crippen LogP contribution is -2.03. The van der Waals surface area contributed by atoms with Gasteiger partial charge in [-0.15, -0.1) is 0 Å². The van der Waals surface area contributed by atoms with Crippen molar-refractivity contribution in [1.29, 1.82) is 0 Å². The van der Waals surface area contributed by atoms with Crippen molar-refractivity contribution >= 4 is 11.0 Å². The van der Waals surface area contributed by atoms with Gasteiger partial charge in [-0.05, 0) is 49.9 Å². The highest BCUT2D eigenvalue weighted by molar-refractivity contribution is 5.83. The van der Waals surface area contributed by atoms with Crippen LogP contribution in [0.25, 0.3) is 11.0 Å². The van der Waals surface area contributed by atoms with Crippen LogP contribution in [0.15, 0.2) is 22.6 Å². The van der Waals surface area contributed by atoms with E-state index in [1.54, 1.807) is 0 Å². The summed E-state index contributed by atoms with van der Waals surface area (Å²) >= 11 is 0. The molecule has 0 unspecified atom stereocenters. The maximum atomic E-state index is 10.0. The number of hydrogen-bond acceptors (Lipinski definition) is 2. The molecule has 2 aromatic rings. The van der Waals surface area contributed by atoms with E-state index in [1.807, 2.05) is 19.1 Å². The topological polar surface area (TPSA) is 33.4 Å². The van der Waals surface area contributed by atoms with E-state index in [4.69, 9.17) is 4.42 Å². The van der Waals surface area contributed by atoms with E-state index in [9.17, 15) is 5.11 Å². The van der Waals surface area contributed by atoms with E-state index in [2.05, 4.69) is 13.0 Å². The van der Waals surface area contributed by atoms with Crippen LogP contribution in [0.3, 0.4) is 0 Å². The largest absolute Gasteiger partial charge is 0.461 e. The van der Waals surface area contributed by atoms with Gasteiger partial charge in [0.1, 0.15) is 11.3 Å². The van der Waals surface area contributed by atoms with E-state index in [0.29, 0.717) is 0 Å². The highest BCUT2D eigenvalue weighted by atomic mass is 16.3. The fourth-order valence-electron chi connectivity index (χ4n) is 2.04. The molecule has 0 spiro atoms. The summed E-state index contributed by atoms with van der Waals surface area (Å²) < 4.78 is 5.61. The monoisotopic (exact) mass is 202 g/mol. The average Bonchev–Trinajstić information content (AvgIpc) is 2.90. The molecule has 1 aromatic carbocycles. The molecular weight excluding hydrogens is 188 g/mol. The minimum absolute atomic E-state index is 0.550. The fourth-order valence-corrected chi connectivity index (χ4v) is 2.04. The Morgan fingerprint density at radius 3 is 2.67 bits per heavy atom. The zero-order chi connectivity index (χ0) is 10.6. The molecule has 2 nitrogen and oxygen atoms in total. The van der Waals surface area contributed by atoms with Crippen molar-refractivity contribution in [2.75, 3.05) is 0 Å². The van der Waals surface area contributed by atoms with Gasteiger partial charge in [-0.3, -0.25) is 0 Å². The third kappa shape index (κ3) is 1.21. The maximum absolute atomic E-state index is 10.0. The fraction of sp³-hybridized carbons (Fsp3) is 0.385. The lowest BCUT2D eigenvalue weighted by atomic mass is 10.0. The van der Waals surface area contributed by atoms with Crippen molar-refractivity contribution in [1.82, 2.24) is 0 Å². The van der Waals surface area contributed by atoms with Gasteiger partial charge in [-0.1, -0.05) is 6.07 Å². The van der Waals surface area contributed by atoms with Crippen LogP contribution in [0.4, 0.5) is 0 Å². The number of fused-ring (bicyclic) bond motifs is 1. The molecular formula is C13H14O2. The van der Waals surface area contributed by atoms with E-state index < -0.39 is 5.60 Å². The van der Waals surface area contributed by atoms with Gasteiger partial charge in [0.25, 0.3) is 0 Å². The van der Waals surface area contributed by atoms with Crippen LogP contribution in [-0.4, -0.2) is 5.11 Å². The van der Waals surface area contributed by atoms with Crippen molar-refractivity contribution in [3.8, 4) is 0 Å². The zero-order valence-corrected chi connectivity index (χ0v) is 9.00. The van der Waals surface area contributed by atoms with Crippen LogP contribution in [0.5, 0.6) is 0 Å². The summed E-state index contributed by atoms with van der Waals surface area (Å²) in [6.45, 7) is 4.03. The molecule has 0 amide bonds. The summed E-state index contributed by atoms with van der Waals surface area (Å²) in [5, 5.41) is 11.2. The number of aliphatic hydroxyl groups is 1. The van der Waals surface area contributed by atoms with Gasteiger partial charge >= 0.3 is 0 Å². The molecule has 0 radical (unpaired) electrons. The predicted octanol–water partition coefficient (Wildman–Crippen LogP) is 3.03. The first-order valence-electron chi connectivity index (χ1n) is 5.33. The molecule has 1 heterocycles. The summed E-state index contributed by atoms with van der Waals surface area (Å²) in [5.74, 6) is 0.963. The Morgan fingerprint density at radius 1 is 1.27 bits per heavy atom. The minimum atomic E-state index is -0.550. The number of furan rings is 1.